The van der Waals surface area contributed by atoms with Crippen LogP contribution >= 0.6 is 11.6 Å². The van der Waals surface area contributed by atoms with E-state index in [0.29, 0.717) is 6.42 Å². The van der Waals surface area contributed by atoms with Crippen LogP contribution in [0.5, 0.6) is 0 Å². The van der Waals surface area contributed by atoms with Gasteiger partial charge < -0.3 is 0 Å². The molecule has 1 heterocycles. The Morgan fingerprint density at radius 2 is 1.91 bits per heavy atom. The van der Waals surface area contributed by atoms with Crippen LogP contribution < -0.4 is 0 Å². The molecule has 1 aliphatic carbocycles. The molecule has 0 spiro atoms. The molecule has 6 nitrogen and oxygen atoms in total. The van der Waals surface area contributed by atoms with Crippen LogP contribution in [-0.2, 0) is 19.9 Å². The normalized spacial score (nSPS) is 23.8. The number of nitriles is 1. The van der Waals surface area contributed by atoms with Gasteiger partial charge in [0.25, 0.3) is 0 Å². The van der Waals surface area contributed by atoms with Crippen LogP contribution in [0.4, 0.5) is 0 Å². The number of hydrogen-bond donors (Lipinski definition) is 0. The molecule has 1 atom stereocenters. The van der Waals surface area contributed by atoms with E-state index in [1.807, 2.05) is 6.07 Å². The van der Waals surface area contributed by atoms with Gasteiger partial charge >= 0.3 is 0 Å². The van der Waals surface area contributed by atoms with E-state index in [1.165, 1.54) is 22.5 Å². The van der Waals surface area contributed by atoms with Crippen molar-refractivity contribution in [2.24, 2.45) is 0 Å². The minimum absolute atomic E-state index is 0.00213. The molecule has 1 aliphatic heterocycles. The van der Waals surface area contributed by atoms with Crippen molar-refractivity contribution < 1.29 is 16.8 Å². The van der Waals surface area contributed by atoms with Crippen LogP contribution in [0, 0.1) is 11.3 Å². The lowest BCUT2D eigenvalue weighted by atomic mass is 10.2. The van der Waals surface area contributed by atoms with E-state index in [4.69, 9.17) is 16.9 Å². The fraction of sp³-hybridized carbons (Fsp3) is 0.500. The largest absolute Gasteiger partial charge is 0.243 e. The zero-order valence-corrected chi connectivity index (χ0v) is 14.5. The van der Waals surface area contributed by atoms with Gasteiger partial charge in [-0.1, -0.05) is 11.6 Å². The summed E-state index contributed by atoms with van der Waals surface area (Å²) in [4.78, 5) is -0.00213. The van der Waals surface area contributed by atoms with Gasteiger partial charge in [0, 0.05) is 12.1 Å². The second-order valence-corrected chi connectivity index (χ2v) is 10.4. The highest BCUT2D eigenvalue weighted by molar-refractivity contribution is 7.92. The van der Waals surface area contributed by atoms with Gasteiger partial charge in [-0.15, -0.1) is 0 Å². The summed E-state index contributed by atoms with van der Waals surface area (Å²) < 4.78 is 50.7. The molecule has 9 heteroatoms. The topological polar surface area (TPSA) is 95.3 Å². The predicted molar refractivity (Wildman–Crippen MR) is 85.3 cm³/mol. The molecular formula is C14H15ClN2O4S2. The first-order valence-corrected chi connectivity index (χ1v) is 10.8. The van der Waals surface area contributed by atoms with Gasteiger partial charge in [0.2, 0.25) is 10.0 Å². The molecule has 124 valence electrons. The maximum atomic E-state index is 13.0. The van der Waals surface area contributed by atoms with Gasteiger partial charge in [0.15, 0.2) is 9.84 Å². The Labute approximate surface area is 140 Å². The van der Waals surface area contributed by atoms with Crippen molar-refractivity contribution in [3.8, 4) is 6.07 Å². The van der Waals surface area contributed by atoms with Crippen LogP contribution in [-0.4, -0.2) is 44.7 Å². The van der Waals surface area contributed by atoms with Gasteiger partial charge in [0.05, 0.1) is 27.0 Å². The molecule has 0 N–H and O–H groups in total. The summed E-state index contributed by atoms with van der Waals surface area (Å²) in [5.74, 6) is -0.114. The third kappa shape index (κ3) is 3.24. The molecule has 3 rings (SSSR count). The zero-order valence-electron chi connectivity index (χ0n) is 12.1. The predicted octanol–water partition coefficient (Wildman–Crippen LogP) is 1.55. The number of sulfonamides is 1. The van der Waals surface area contributed by atoms with Crippen molar-refractivity contribution >= 4 is 31.5 Å². The van der Waals surface area contributed by atoms with E-state index in [1.54, 1.807) is 0 Å². The Balaban J connectivity index is 1.99. The summed E-state index contributed by atoms with van der Waals surface area (Å²) in [6.07, 6.45) is 1.79. The highest BCUT2D eigenvalue weighted by Crippen LogP contribution is 2.37. The van der Waals surface area contributed by atoms with Crippen LogP contribution in [0.3, 0.4) is 0 Å². The Bertz CT molecular complexity index is 886. The molecule has 0 amide bonds. The molecule has 1 saturated carbocycles. The second-order valence-electron chi connectivity index (χ2n) is 5.88. The maximum absolute atomic E-state index is 13.0. The Hall–Kier alpha value is -1.14. The van der Waals surface area contributed by atoms with Gasteiger partial charge in [-0.3, -0.25) is 0 Å². The molecule has 23 heavy (non-hydrogen) atoms. The standard InChI is InChI=1S/C14H15ClN2O4S2/c15-14-7-13(4-1-10(14)8-16)23(20,21)17(11-2-3-11)12-5-6-22(18,19)9-12/h1,4,7,11-12H,2-3,5-6,9H2/t12-/m0/s1. The second kappa shape index (κ2) is 5.74. The smallest absolute Gasteiger partial charge is 0.229 e. The summed E-state index contributed by atoms with van der Waals surface area (Å²) in [7, 11) is -7.03. The molecule has 2 aliphatic rings. The third-order valence-electron chi connectivity index (χ3n) is 4.11. The molecule has 2 fully saturated rings. The number of sulfone groups is 1. The summed E-state index contributed by atoms with van der Waals surface area (Å²) in [5, 5.41) is 8.96. The summed E-state index contributed by atoms with van der Waals surface area (Å²) in [5.41, 5.74) is 0.201. The first-order valence-electron chi connectivity index (χ1n) is 7.18. The molecule has 1 saturated heterocycles. The number of hydrogen-bond acceptors (Lipinski definition) is 5. The van der Waals surface area contributed by atoms with Crippen molar-refractivity contribution in [1.82, 2.24) is 4.31 Å². The molecule has 0 radical (unpaired) electrons. The molecule has 0 bridgehead atoms. The number of halogens is 1. The zero-order chi connectivity index (χ0) is 16.8. The minimum atomic E-state index is -3.84. The van der Waals surface area contributed by atoms with Crippen LogP contribution in [0.15, 0.2) is 23.1 Å². The van der Waals surface area contributed by atoms with E-state index in [2.05, 4.69) is 0 Å². The Morgan fingerprint density at radius 3 is 2.39 bits per heavy atom. The maximum Gasteiger partial charge on any atom is 0.243 e. The van der Waals surface area contributed by atoms with E-state index >= 15 is 0 Å². The fourth-order valence-electron chi connectivity index (χ4n) is 2.86. The summed E-state index contributed by atoms with van der Waals surface area (Å²) >= 11 is 5.94. The van der Waals surface area contributed by atoms with E-state index < -0.39 is 25.9 Å². The van der Waals surface area contributed by atoms with E-state index in [0.717, 1.165) is 12.8 Å². The molecular weight excluding hydrogens is 360 g/mol. The lowest BCUT2D eigenvalue weighted by Gasteiger charge is -2.27. The van der Waals surface area contributed by atoms with E-state index in [-0.39, 0.29) is 33.0 Å². The lowest BCUT2D eigenvalue weighted by molar-refractivity contribution is 0.332. The molecule has 0 aromatic heterocycles. The van der Waals surface area contributed by atoms with Gasteiger partial charge in [0.1, 0.15) is 6.07 Å². The van der Waals surface area contributed by atoms with Crippen molar-refractivity contribution in [1.29, 1.82) is 5.26 Å². The van der Waals surface area contributed by atoms with Crippen LogP contribution in [0.2, 0.25) is 5.02 Å². The van der Waals surface area contributed by atoms with Gasteiger partial charge in [-0.2, -0.15) is 9.57 Å². The fourth-order valence-corrected chi connectivity index (χ4v) is 6.88. The van der Waals surface area contributed by atoms with E-state index in [9.17, 15) is 16.8 Å². The summed E-state index contributed by atoms with van der Waals surface area (Å²) in [6, 6.07) is 5.19. The minimum Gasteiger partial charge on any atom is -0.229 e. The van der Waals surface area contributed by atoms with Gasteiger partial charge in [-0.25, -0.2) is 16.8 Å². The quantitative estimate of drug-likeness (QED) is 0.796. The SMILES string of the molecule is N#Cc1ccc(S(=O)(=O)N(C2CC2)[C@H]2CCS(=O)(=O)C2)cc1Cl. The van der Waals surface area contributed by atoms with Crippen molar-refractivity contribution in [3.05, 3.63) is 28.8 Å². The first-order chi connectivity index (χ1) is 10.7. The van der Waals surface area contributed by atoms with Crippen molar-refractivity contribution in [3.63, 3.8) is 0 Å². The van der Waals surface area contributed by atoms with Crippen molar-refractivity contribution in [2.45, 2.75) is 36.2 Å². The highest BCUT2D eigenvalue weighted by atomic mass is 35.5. The lowest BCUT2D eigenvalue weighted by Crippen LogP contribution is -2.42. The molecule has 0 unspecified atom stereocenters. The number of rotatable bonds is 4. The van der Waals surface area contributed by atoms with Crippen molar-refractivity contribution in [2.75, 3.05) is 11.5 Å². The molecule has 1 aromatic rings. The molecule has 1 aromatic carbocycles. The monoisotopic (exact) mass is 374 g/mol. The Morgan fingerprint density at radius 1 is 1.22 bits per heavy atom. The third-order valence-corrected chi connectivity index (χ3v) is 8.18. The number of benzene rings is 1. The summed E-state index contributed by atoms with van der Waals surface area (Å²) in [6.45, 7) is 0. The van der Waals surface area contributed by atoms with Crippen LogP contribution in [0.1, 0.15) is 24.8 Å². The average Bonchev–Trinajstić information content (AvgIpc) is 3.22. The van der Waals surface area contributed by atoms with Gasteiger partial charge in [-0.05, 0) is 37.5 Å². The van der Waals surface area contributed by atoms with Crippen LogP contribution in [0.25, 0.3) is 0 Å². The Kier molecular flexibility index (Phi) is 4.17. The number of nitrogens with zero attached hydrogens (tertiary/aromatic N) is 2. The average molecular weight is 375 g/mol. The highest BCUT2D eigenvalue weighted by Gasteiger charge is 2.46. The first kappa shape index (κ1) is 16.7.